The molecule has 4 rings (SSSR count). The lowest BCUT2D eigenvalue weighted by atomic mass is 10.0. The van der Waals surface area contributed by atoms with Gasteiger partial charge in [-0.2, -0.15) is 8.78 Å². The largest absolute Gasteiger partial charge is 0.382 e. The van der Waals surface area contributed by atoms with Gasteiger partial charge in [0.15, 0.2) is 0 Å². The molecule has 0 saturated carbocycles. The normalized spacial score (nSPS) is 17.7. The number of aromatic nitrogens is 4. The molecule has 7 nitrogen and oxygen atoms in total. The number of nitrogens with one attached hydrogen (secondary N) is 1. The summed E-state index contributed by atoms with van der Waals surface area (Å²) in [7, 11) is 0. The third-order valence-corrected chi connectivity index (χ3v) is 5.80. The van der Waals surface area contributed by atoms with E-state index < -0.39 is 12.0 Å². The van der Waals surface area contributed by atoms with Crippen LogP contribution in [0.3, 0.4) is 0 Å². The van der Waals surface area contributed by atoms with Crippen LogP contribution in [0.25, 0.3) is 0 Å². The summed E-state index contributed by atoms with van der Waals surface area (Å²) in [5.74, 6) is -2.75. The molecule has 2 N–H and O–H groups in total. The van der Waals surface area contributed by atoms with E-state index in [1.165, 1.54) is 30.3 Å². The van der Waals surface area contributed by atoms with Gasteiger partial charge < -0.3 is 10.0 Å². The number of hydrogen-bond donors (Lipinski definition) is 2. The molecule has 1 unspecified atom stereocenters. The van der Waals surface area contributed by atoms with Crippen molar-refractivity contribution in [2.75, 3.05) is 0 Å². The molecule has 1 fully saturated rings. The number of hydrogen-bond acceptors (Lipinski definition) is 5. The van der Waals surface area contributed by atoms with Crippen molar-refractivity contribution in [1.82, 2.24) is 25.5 Å². The lowest BCUT2D eigenvalue weighted by Gasteiger charge is -2.24. The van der Waals surface area contributed by atoms with E-state index in [0.717, 1.165) is 23.6 Å². The Bertz CT molecular complexity index is 1090. The number of aryl methyl sites for hydroxylation is 2. The molecule has 1 aliphatic rings. The standard InChI is InChI=1S/C24H25F2N5O2/c25-24(26,19-7-2-1-3-8-19)21(32)12-10-20-11-14-23(33)31(20)16-18-6-4-5-17(15-18)9-13-22-27-29-30-28-22/h1-8,10,12,15,20-21,32H,9,11,13-14,16H2,(H,27,28,29,30)/t20-,21?/m0/s1. The third-order valence-electron chi connectivity index (χ3n) is 5.80. The summed E-state index contributed by atoms with van der Waals surface area (Å²) in [4.78, 5) is 14.1. The van der Waals surface area contributed by atoms with E-state index in [0.29, 0.717) is 31.6 Å². The van der Waals surface area contributed by atoms with Gasteiger partial charge in [0.2, 0.25) is 5.91 Å². The Kier molecular flexibility index (Phi) is 6.88. The zero-order valence-electron chi connectivity index (χ0n) is 17.9. The van der Waals surface area contributed by atoms with Crippen molar-refractivity contribution in [2.45, 2.75) is 50.3 Å². The Hall–Kier alpha value is -3.46. The second-order valence-electron chi connectivity index (χ2n) is 8.11. The number of aromatic amines is 1. The van der Waals surface area contributed by atoms with Crippen molar-refractivity contribution in [2.24, 2.45) is 0 Å². The van der Waals surface area contributed by atoms with Gasteiger partial charge in [-0.1, -0.05) is 66.7 Å². The number of halogens is 2. The highest BCUT2D eigenvalue weighted by Crippen LogP contribution is 2.33. The summed E-state index contributed by atoms with van der Waals surface area (Å²) in [6.45, 7) is 0.372. The van der Waals surface area contributed by atoms with Gasteiger partial charge in [-0.15, -0.1) is 5.10 Å². The van der Waals surface area contributed by atoms with Gasteiger partial charge in [0.1, 0.15) is 11.9 Å². The van der Waals surface area contributed by atoms with Crippen LogP contribution in [0.15, 0.2) is 66.7 Å². The number of H-pyrrole nitrogens is 1. The van der Waals surface area contributed by atoms with Gasteiger partial charge in [-0.3, -0.25) is 4.79 Å². The molecule has 1 amide bonds. The number of aliphatic hydroxyl groups is 1. The summed E-state index contributed by atoms with van der Waals surface area (Å²) in [6, 6.07) is 14.8. The van der Waals surface area contributed by atoms with Gasteiger partial charge in [0, 0.05) is 24.9 Å². The summed E-state index contributed by atoms with van der Waals surface area (Å²) < 4.78 is 29.1. The van der Waals surface area contributed by atoms with E-state index in [1.54, 1.807) is 11.0 Å². The number of nitrogens with zero attached hydrogens (tertiary/aromatic N) is 4. The van der Waals surface area contributed by atoms with Gasteiger partial charge in [0.05, 0.1) is 6.04 Å². The van der Waals surface area contributed by atoms with Crippen LogP contribution in [0, 0.1) is 0 Å². The lowest BCUT2D eigenvalue weighted by molar-refractivity contribution is -0.129. The average Bonchev–Trinajstić information content (AvgIpc) is 3.47. The van der Waals surface area contributed by atoms with Crippen LogP contribution in [-0.4, -0.2) is 48.7 Å². The van der Waals surface area contributed by atoms with E-state index in [1.807, 2.05) is 24.3 Å². The summed E-state index contributed by atoms with van der Waals surface area (Å²) >= 11 is 0. The summed E-state index contributed by atoms with van der Waals surface area (Å²) in [5.41, 5.74) is 1.78. The predicted molar refractivity (Wildman–Crippen MR) is 117 cm³/mol. The molecule has 0 spiro atoms. The Balaban J connectivity index is 1.41. The number of alkyl halides is 2. The van der Waals surface area contributed by atoms with Crippen molar-refractivity contribution >= 4 is 5.91 Å². The minimum absolute atomic E-state index is 0.0351. The number of likely N-dealkylation sites (tertiary alicyclic amines) is 1. The van der Waals surface area contributed by atoms with E-state index in [2.05, 4.69) is 20.6 Å². The van der Waals surface area contributed by atoms with Gasteiger partial charge in [-0.05, 0) is 34.4 Å². The Morgan fingerprint density at radius 1 is 1.15 bits per heavy atom. The van der Waals surface area contributed by atoms with Crippen LogP contribution >= 0.6 is 0 Å². The maximum Gasteiger partial charge on any atom is 0.302 e. The molecule has 1 aromatic heterocycles. The number of carbonyl (C=O) groups excluding carboxylic acids is 1. The van der Waals surface area contributed by atoms with Gasteiger partial charge in [0.25, 0.3) is 0 Å². The molecule has 2 atom stereocenters. The molecule has 33 heavy (non-hydrogen) atoms. The van der Waals surface area contributed by atoms with E-state index in [4.69, 9.17) is 0 Å². The Morgan fingerprint density at radius 3 is 2.70 bits per heavy atom. The van der Waals surface area contributed by atoms with Crippen molar-refractivity contribution in [1.29, 1.82) is 0 Å². The highest BCUT2D eigenvalue weighted by atomic mass is 19.3. The van der Waals surface area contributed by atoms with Crippen LogP contribution in [-0.2, 0) is 30.1 Å². The molecule has 9 heteroatoms. The maximum atomic E-state index is 14.6. The minimum atomic E-state index is -3.42. The molecular formula is C24H25F2N5O2. The van der Waals surface area contributed by atoms with Crippen LogP contribution in [0.1, 0.15) is 35.4 Å². The fourth-order valence-electron chi connectivity index (χ4n) is 3.97. The van der Waals surface area contributed by atoms with Crippen molar-refractivity contribution in [3.63, 3.8) is 0 Å². The fourth-order valence-corrected chi connectivity index (χ4v) is 3.97. The molecule has 2 aromatic carbocycles. The molecule has 0 radical (unpaired) electrons. The zero-order valence-corrected chi connectivity index (χ0v) is 17.9. The number of amides is 1. The number of aliphatic hydroxyl groups excluding tert-OH is 1. The molecule has 1 saturated heterocycles. The SMILES string of the molecule is O=C1CC[C@H](C=CC(O)C(F)(F)c2ccccc2)N1Cc1cccc(CCc2nnn[nH]2)c1. The fraction of sp³-hybridized carbons (Fsp3) is 0.333. The molecule has 1 aliphatic heterocycles. The first-order valence-corrected chi connectivity index (χ1v) is 10.8. The molecule has 3 aromatic rings. The van der Waals surface area contributed by atoms with E-state index in [-0.39, 0.29) is 17.5 Å². The van der Waals surface area contributed by atoms with Crippen molar-refractivity contribution < 1.29 is 18.7 Å². The van der Waals surface area contributed by atoms with E-state index >= 15 is 0 Å². The zero-order chi connectivity index (χ0) is 23.3. The Morgan fingerprint density at radius 2 is 1.94 bits per heavy atom. The lowest BCUT2D eigenvalue weighted by Crippen LogP contribution is -2.33. The first-order chi connectivity index (χ1) is 15.9. The molecule has 0 aliphatic carbocycles. The molecule has 0 bridgehead atoms. The van der Waals surface area contributed by atoms with Crippen LogP contribution in [0.2, 0.25) is 0 Å². The highest BCUT2D eigenvalue weighted by Gasteiger charge is 2.39. The average molecular weight is 453 g/mol. The molecule has 172 valence electrons. The molecular weight excluding hydrogens is 428 g/mol. The van der Waals surface area contributed by atoms with Crippen LogP contribution < -0.4 is 0 Å². The number of carbonyl (C=O) groups is 1. The third kappa shape index (κ3) is 5.48. The quantitative estimate of drug-likeness (QED) is 0.485. The topological polar surface area (TPSA) is 95.0 Å². The number of rotatable bonds is 9. The van der Waals surface area contributed by atoms with Crippen molar-refractivity contribution in [3.8, 4) is 0 Å². The summed E-state index contributed by atoms with van der Waals surface area (Å²) in [6.07, 6.45) is 2.92. The first-order valence-electron chi connectivity index (χ1n) is 10.8. The number of benzene rings is 2. The highest BCUT2D eigenvalue weighted by molar-refractivity contribution is 5.79. The number of tetrazole rings is 1. The van der Waals surface area contributed by atoms with Crippen LogP contribution in [0.4, 0.5) is 8.78 Å². The van der Waals surface area contributed by atoms with Crippen LogP contribution in [0.5, 0.6) is 0 Å². The summed E-state index contributed by atoms with van der Waals surface area (Å²) in [5, 5.41) is 23.9. The molecule has 2 heterocycles. The minimum Gasteiger partial charge on any atom is -0.382 e. The monoisotopic (exact) mass is 453 g/mol. The Labute approximate surface area is 190 Å². The van der Waals surface area contributed by atoms with Crippen molar-refractivity contribution in [3.05, 3.63) is 89.3 Å². The van der Waals surface area contributed by atoms with Gasteiger partial charge >= 0.3 is 5.92 Å². The smallest absolute Gasteiger partial charge is 0.302 e. The second-order valence-corrected chi connectivity index (χ2v) is 8.11. The first kappa shape index (κ1) is 22.7. The second kappa shape index (κ2) is 9.99. The van der Waals surface area contributed by atoms with E-state index in [9.17, 15) is 18.7 Å². The van der Waals surface area contributed by atoms with Gasteiger partial charge in [-0.25, -0.2) is 5.10 Å². The predicted octanol–water partition coefficient (Wildman–Crippen LogP) is 3.19. The maximum absolute atomic E-state index is 14.6.